The topological polar surface area (TPSA) is 62.5 Å². The van der Waals surface area contributed by atoms with E-state index in [2.05, 4.69) is 129 Å². The Morgan fingerprint density at radius 1 is 0.370 bits per heavy atom. The quantitative estimate of drug-likeness (QED) is 0.127. The van der Waals surface area contributed by atoms with Crippen molar-refractivity contribution >= 4 is 45.6 Å². The summed E-state index contributed by atoms with van der Waals surface area (Å²) in [6.07, 6.45) is 0. The zero-order chi connectivity index (χ0) is 36.8. The SMILES string of the molecule is C[Si](C)(C)c1ccc2c3ccc(-c4cccc(-c5cccc(-c6nc(-c7ccccc7)nc(-c7ccc(C#N)cc7)n6)c5)c4)cc3c3ccccc3c2c1. The van der Waals surface area contributed by atoms with E-state index in [0.29, 0.717) is 23.0 Å². The second kappa shape index (κ2) is 13.3. The average molecular weight is 709 g/mol. The highest BCUT2D eigenvalue weighted by molar-refractivity contribution is 6.88. The van der Waals surface area contributed by atoms with E-state index in [1.54, 1.807) is 12.1 Å². The van der Waals surface area contributed by atoms with Gasteiger partial charge in [-0.1, -0.05) is 146 Å². The van der Waals surface area contributed by atoms with E-state index >= 15 is 0 Å². The van der Waals surface area contributed by atoms with Gasteiger partial charge in [-0.15, -0.1) is 0 Å². The first kappa shape index (κ1) is 33.1. The van der Waals surface area contributed by atoms with E-state index < -0.39 is 8.07 Å². The van der Waals surface area contributed by atoms with Gasteiger partial charge in [0.2, 0.25) is 0 Å². The van der Waals surface area contributed by atoms with Crippen LogP contribution in [0.4, 0.5) is 0 Å². The molecule has 0 unspecified atom stereocenters. The largest absolute Gasteiger partial charge is 0.208 e. The van der Waals surface area contributed by atoms with Gasteiger partial charge < -0.3 is 0 Å². The third-order valence-electron chi connectivity index (χ3n) is 10.3. The molecular weight excluding hydrogens is 673 g/mol. The predicted molar refractivity (Wildman–Crippen MR) is 227 cm³/mol. The van der Waals surface area contributed by atoms with E-state index in [1.807, 2.05) is 48.5 Å². The summed E-state index contributed by atoms with van der Waals surface area (Å²) in [4.78, 5) is 14.7. The first-order valence-corrected chi connectivity index (χ1v) is 21.7. The standard InChI is InChI=1S/C49H36N4Si/c1-54(2,3)40-24-26-44-43-25-23-38(29-45(43)41-17-7-8-18-42(41)46(44)30-40)36-14-9-13-35(27-36)37-15-10-16-39(28-37)49-52-47(33-11-5-4-6-12-33)51-48(53-49)34-21-19-32(31-50)20-22-34/h4-30H,1-3H3. The Hall–Kier alpha value is -6.74. The smallest absolute Gasteiger partial charge is 0.164 e. The van der Waals surface area contributed by atoms with Gasteiger partial charge in [0.15, 0.2) is 17.5 Å². The Morgan fingerprint density at radius 2 is 0.796 bits per heavy atom. The van der Waals surface area contributed by atoms with Gasteiger partial charge in [-0.2, -0.15) is 5.26 Å². The van der Waals surface area contributed by atoms with Gasteiger partial charge in [0, 0.05) is 16.7 Å². The Kier molecular flexibility index (Phi) is 8.18. The average Bonchev–Trinajstić information content (AvgIpc) is 3.23. The zero-order valence-electron chi connectivity index (χ0n) is 30.4. The van der Waals surface area contributed by atoms with Crippen LogP contribution >= 0.6 is 0 Å². The summed E-state index contributed by atoms with van der Waals surface area (Å²) >= 11 is 0. The van der Waals surface area contributed by atoms with Gasteiger partial charge in [-0.05, 0) is 97.0 Å². The third kappa shape index (κ3) is 6.13. The van der Waals surface area contributed by atoms with Crippen LogP contribution in [0.1, 0.15) is 5.56 Å². The molecule has 0 N–H and O–H groups in total. The molecule has 0 aliphatic carbocycles. The van der Waals surface area contributed by atoms with Gasteiger partial charge in [0.25, 0.3) is 0 Å². The number of hydrogen-bond acceptors (Lipinski definition) is 4. The van der Waals surface area contributed by atoms with Crippen LogP contribution in [-0.2, 0) is 0 Å². The Labute approximate surface area is 316 Å². The molecule has 8 aromatic carbocycles. The Bertz CT molecular complexity index is 2900. The van der Waals surface area contributed by atoms with Gasteiger partial charge in [0.05, 0.1) is 19.7 Å². The van der Waals surface area contributed by atoms with Crippen LogP contribution in [0.25, 0.3) is 88.7 Å². The first-order valence-electron chi connectivity index (χ1n) is 18.2. The maximum absolute atomic E-state index is 9.34. The molecular formula is C49H36N4Si. The molecule has 0 aliphatic heterocycles. The van der Waals surface area contributed by atoms with Crippen molar-refractivity contribution in [2.45, 2.75) is 19.6 Å². The Balaban J connectivity index is 1.12. The monoisotopic (exact) mass is 708 g/mol. The number of aromatic nitrogens is 3. The zero-order valence-corrected chi connectivity index (χ0v) is 31.4. The van der Waals surface area contributed by atoms with Crippen molar-refractivity contribution in [3.8, 4) is 62.5 Å². The second-order valence-electron chi connectivity index (χ2n) is 14.8. The van der Waals surface area contributed by atoms with Crippen LogP contribution in [0.15, 0.2) is 164 Å². The highest BCUT2D eigenvalue weighted by atomic mass is 28.3. The van der Waals surface area contributed by atoms with Gasteiger partial charge in [-0.3, -0.25) is 0 Å². The van der Waals surface area contributed by atoms with Gasteiger partial charge in [-0.25, -0.2) is 15.0 Å². The number of fused-ring (bicyclic) bond motifs is 6. The fourth-order valence-corrected chi connectivity index (χ4v) is 8.52. The molecule has 54 heavy (non-hydrogen) atoms. The van der Waals surface area contributed by atoms with E-state index in [9.17, 15) is 5.26 Å². The molecule has 9 rings (SSSR count). The highest BCUT2D eigenvalue weighted by Gasteiger charge is 2.19. The normalized spacial score (nSPS) is 11.6. The van der Waals surface area contributed by atoms with Crippen molar-refractivity contribution < 1.29 is 0 Å². The molecule has 0 spiro atoms. The lowest BCUT2D eigenvalue weighted by Crippen LogP contribution is -2.37. The predicted octanol–water partition coefficient (Wildman–Crippen LogP) is 12.1. The lowest BCUT2D eigenvalue weighted by Gasteiger charge is -2.19. The van der Waals surface area contributed by atoms with Crippen molar-refractivity contribution in [2.24, 2.45) is 0 Å². The van der Waals surface area contributed by atoms with E-state index in [-0.39, 0.29) is 0 Å². The summed E-state index contributed by atoms with van der Waals surface area (Å²) < 4.78 is 0. The van der Waals surface area contributed by atoms with Crippen LogP contribution in [0.3, 0.4) is 0 Å². The molecule has 9 aromatic rings. The summed E-state index contributed by atoms with van der Waals surface area (Å²) in [6, 6.07) is 59.6. The number of rotatable bonds is 6. The van der Waals surface area contributed by atoms with Crippen molar-refractivity contribution in [2.75, 3.05) is 0 Å². The molecule has 1 aromatic heterocycles. The van der Waals surface area contributed by atoms with Crippen LogP contribution in [0, 0.1) is 11.3 Å². The molecule has 4 nitrogen and oxygen atoms in total. The second-order valence-corrected chi connectivity index (χ2v) is 19.9. The molecule has 0 saturated carbocycles. The fraction of sp³-hybridized carbons (Fsp3) is 0.0612. The van der Waals surface area contributed by atoms with Crippen molar-refractivity contribution in [1.82, 2.24) is 15.0 Å². The van der Waals surface area contributed by atoms with Crippen LogP contribution in [0.2, 0.25) is 19.6 Å². The molecule has 0 radical (unpaired) electrons. The molecule has 0 aliphatic rings. The number of nitrogens with zero attached hydrogens (tertiary/aromatic N) is 4. The first-order chi connectivity index (χ1) is 26.3. The molecule has 0 saturated heterocycles. The summed E-state index contributed by atoms with van der Waals surface area (Å²) in [5, 5.41) is 18.6. The molecule has 0 bridgehead atoms. The maximum atomic E-state index is 9.34. The number of nitriles is 1. The molecule has 5 heteroatoms. The lowest BCUT2D eigenvalue weighted by molar-refractivity contribution is 1.07. The van der Waals surface area contributed by atoms with Crippen LogP contribution in [0.5, 0.6) is 0 Å². The molecule has 0 amide bonds. The summed E-state index contributed by atoms with van der Waals surface area (Å²) in [7, 11) is -1.47. The van der Waals surface area contributed by atoms with Crippen molar-refractivity contribution in [1.29, 1.82) is 5.26 Å². The minimum absolute atomic E-state index is 0.559. The summed E-state index contributed by atoms with van der Waals surface area (Å²) in [5.74, 6) is 1.75. The fourth-order valence-electron chi connectivity index (χ4n) is 7.36. The molecule has 256 valence electrons. The minimum Gasteiger partial charge on any atom is -0.208 e. The Morgan fingerprint density at radius 3 is 1.39 bits per heavy atom. The number of hydrogen-bond donors (Lipinski definition) is 0. The van der Waals surface area contributed by atoms with Crippen LogP contribution < -0.4 is 5.19 Å². The summed E-state index contributed by atoms with van der Waals surface area (Å²) in [6.45, 7) is 7.24. The molecule has 0 fully saturated rings. The van der Waals surface area contributed by atoms with E-state index in [1.165, 1.54) is 43.1 Å². The molecule has 1 heterocycles. The van der Waals surface area contributed by atoms with Crippen molar-refractivity contribution in [3.05, 3.63) is 169 Å². The minimum atomic E-state index is -1.47. The third-order valence-corrected chi connectivity index (χ3v) is 12.3. The maximum Gasteiger partial charge on any atom is 0.164 e. The molecule has 0 atom stereocenters. The van der Waals surface area contributed by atoms with E-state index in [4.69, 9.17) is 15.0 Å². The van der Waals surface area contributed by atoms with Gasteiger partial charge in [0.1, 0.15) is 0 Å². The highest BCUT2D eigenvalue weighted by Crippen LogP contribution is 2.38. The van der Waals surface area contributed by atoms with E-state index in [0.717, 1.165) is 33.4 Å². The van der Waals surface area contributed by atoms with Gasteiger partial charge >= 0.3 is 0 Å². The van der Waals surface area contributed by atoms with Crippen LogP contribution in [-0.4, -0.2) is 23.0 Å². The van der Waals surface area contributed by atoms with Crippen molar-refractivity contribution in [3.63, 3.8) is 0 Å². The number of benzene rings is 8. The summed E-state index contributed by atoms with van der Waals surface area (Å²) in [5.41, 5.74) is 7.75. The lowest BCUT2D eigenvalue weighted by atomic mass is 9.91.